The van der Waals surface area contributed by atoms with Crippen LogP contribution in [0.15, 0.2) is 12.1 Å². The summed E-state index contributed by atoms with van der Waals surface area (Å²) in [6, 6.07) is 5.26. The van der Waals surface area contributed by atoms with E-state index in [0.717, 1.165) is 0 Å². The normalized spacial score (nSPS) is 8.82. The van der Waals surface area contributed by atoms with Crippen LogP contribution in [-0.2, 0) is 0 Å². The molecule has 55 valence electrons. The third-order valence-electron chi connectivity index (χ3n) is 1.23. The summed E-state index contributed by atoms with van der Waals surface area (Å²) in [4.78, 5) is 3.91. The topological polar surface area (TPSA) is 45.9 Å². The molecular formula is C8H7N2O. The molecule has 11 heavy (non-hydrogen) atoms. The number of hydrogen-bond donors (Lipinski definition) is 0. The van der Waals surface area contributed by atoms with E-state index in [1.54, 1.807) is 12.1 Å². The average molecular weight is 147 g/mol. The first kappa shape index (κ1) is 7.55. The molecule has 0 aliphatic heterocycles. The minimum atomic E-state index is 0.333. The molecule has 1 aromatic heterocycles. The Morgan fingerprint density at radius 3 is 2.91 bits per heavy atom. The monoisotopic (exact) mass is 147 g/mol. The number of pyridine rings is 1. The van der Waals surface area contributed by atoms with Gasteiger partial charge in [-0.25, -0.2) is 4.98 Å². The van der Waals surface area contributed by atoms with Gasteiger partial charge in [-0.1, -0.05) is 0 Å². The van der Waals surface area contributed by atoms with Crippen molar-refractivity contribution in [3.05, 3.63) is 30.3 Å². The molecule has 0 aromatic carbocycles. The van der Waals surface area contributed by atoms with E-state index in [-0.39, 0.29) is 0 Å². The van der Waals surface area contributed by atoms with Crippen molar-refractivity contribution in [3.8, 4) is 11.9 Å². The highest BCUT2D eigenvalue weighted by molar-refractivity contribution is 5.38. The zero-order chi connectivity index (χ0) is 8.27. The largest absolute Gasteiger partial charge is 0.480 e. The zero-order valence-corrected chi connectivity index (χ0v) is 6.16. The molecule has 0 aliphatic carbocycles. The third kappa shape index (κ3) is 1.47. The Morgan fingerprint density at radius 1 is 1.64 bits per heavy atom. The number of nitriles is 1. The number of hydrogen-bond acceptors (Lipinski definition) is 3. The maximum absolute atomic E-state index is 8.55. The molecule has 0 spiro atoms. The molecule has 0 fully saturated rings. The van der Waals surface area contributed by atoms with Crippen LogP contribution in [0.25, 0.3) is 0 Å². The van der Waals surface area contributed by atoms with Gasteiger partial charge in [0.05, 0.1) is 7.11 Å². The fourth-order valence-electron chi connectivity index (χ4n) is 0.719. The standard InChI is InChI=1S/C8H7N2O/c1-6-3-4-7(5-9)8(10-6)11-2/h3-4H,1H2,2H3. The Morgan fingerprint density at radius 2 is 2.36 bits per heavy atom. The molecule has 0 unspecified atom stereocenters. The smallest absolute Gasteiger partial charge is 0.231 e. The summed E-state index contributed by atoms with van der Waals surface area (Å²) < 4.78 is 4.84. The van der Waals surface area contributed by atoms with Crippen LogP contribution in [0.1, 0.15) is 11.3 Å². The highest BCUT2D eigenvalue weighted by atomic mass is 16.5. The van der Waals surface area contributed by atoms with Crippen LogP contribution in [0, 0.1) is 18.3 Å². The number of nitrogens with zero attached hydrogens (tertiary/aromatic N) is 2. The number of rotatable bonds is 1. The number of aromatic nitrogens is 1. The summed E-state index contributed by atoms with van der Waals surface area (Å²) in [6.45, 7) is 3.60. The number of methoxy groups -OCH3 is 1. The summed E-state index contributed by atoms with van der Waals surface area (Å²) >= 11 is 0. The molecule has 1 rings (SSSR count). The Kier molecular flexibility index (Phi) is 2.07. The van der Waals surface area contributed by atoms with Crippen LogP contribution in [0.4, 0.5) is 0 Å². The van der Waals surface area contributed by atoms with Crippen molar-refractivity contribution in [1.82, 2.24) is 4.98 Å². The second kappa shape index (κ2) is 3.02. The van der Waals surface area contributed by atoms with Crippen LogP contribution >= 0.6 is 0 Å². The molecule has 1 aromatic rings. The van der Waals surface area contributed by atoms with Crippen LogP contribution in [-0.4, -0.2) is 12.1 Å². The molecule has 0 N–H and O–H groups in total. The highest BCUT2D eigenvalue weighted by Crippen LogP contribution is 2.13. The van der Waals surface area contributed by atoms with Crippen molar-refractivity contribution in [2.45, 2.75) is 0 Å². The van der Waals surface area contributed by atoms with Gasteiger partial charge in [0, 0.05) is 5.69 Å². The van der Waals surface area contributed by atoms with Crippen molar-refractivity contribution < 1.29 is 4.74 Å². The van der Waals surface area contributed by atoms with Gasteiger partial charge in [0.2, 0.25) is 5.88 Å². The van der Waals surface area contributed by atoms with Gasteiger partial charge in [-0.15, -0.1) is 0 Å². The van der Waals surface area contributed by atoms with E-state index in [4.69, 9.17) is 10.00 Å². The Balaban J connectivity index is 3.19. The Labute approximate surface area is 65.3 Å². The van der Waals surface area contributed by atoms with Crippen molar-refractivity contribution in [2.75, 3.05) is 7.11 Å². The molecule has 0 bridgehead atoms. The molecule has 1 radical (unpaired) electrons. The van der Waals surface area contributed by atoms with E-state index < -0.39 is 0 Å². The fourth-order valence-corrected chi connectivity index (χ4v) is 0.719. The average Bonchev–Trinajstić information content (AvgIpc) is 2.04. The molecule has 0 amide bonds. The van der Waals surface area contributed by atoms with Crippen molar-refractivity contribution >= 4 is 0 Å². The maximum Gasteiger partial charge on any atom is 0.231 e. The van der Waals surface area contributed by atoms with Crippen molar-refractivity contribution in [2.24, 2.45) is 0 Å². The van der Waals surface area contributed by atoms with Gasteiger partial charge in [-0.3, -0.25) is 0 Å². The number of ether oxygens (including phenoxy) is 1. The first-order valence-corrected chi connectivity index (χ1v) is 3.05. The van der Waals surface area contributed by atoms with Crippen LogP contribution < -0.4 is 4.74 Å². The minimum Gasteiger partial charge on any atom is -0.480 e. The highest BCUT2D eigenvalue weighted by Gasteiger charge is 2.01. The van der Waals surface area contributed by atoms with E-state index in [1.807, 2.05) is 6.07 Å². The second-order valence-corrected chi connectivity index (χ2v) is 1.97. The van der Waals surface area contributed by atoms with Crippen LogP contribution in [0.5, 0.6) is 5.88 Å². The van der Waals surface area contributed by atoms with Crippen LogP contribution in [0.2, 0.25) is 0 Å². The van der Waals surface area contributed by atoms with Gasteiger partial charge in [0.1, 0.15) is 11.6 Å². The minimum absolute atomic E-state index is 0.333. The van der Waals surface area contributed by atoms with Gasteiger partial charge in [0.15, 0.2) is 0 Å². The third-order valence-corrected chi connectivity index (χ3v) is 1.23. The van der Waals surface area contributed by atoms with E-state index >= 15 is 0 Å². The van der Waals surface area contributed by atoms with Crippen molar-refractivity contribution in [1.29, 1.82) is 5.26 Å². The molecule has 1 heterocycles. The van der Waals surface area contributed by atoms with Gasteiger partial charge in [-0.2, -0.15) is 5.26 Å². The van der Waals surface area contributed by atoms with Gasteiger partial charge >= 0.3 is 0 Å². The summed E-state index contributed by atoms with van der Waals surface area (Å²) in [5, 5.41) is 8.55. The molecule has 0 atom stereocenters. The predicted molar refractivity (Wildman–Crippen MR) is 40.0 cm³/mol. The lowest BCUT2D eigenvalue weighted by Gasteiger charge is -2.00. The van der Waals surface area contributed by atoms with Gasteiger partial charge < -0.3 is 4.74 Å². The fraction of sp³-hybridized carbons (Fsp3) is 0.125. The van der Waals surface area contributed by atoms with Crippen LogP contribution in [0.3, 0.4) is 0 Å². The summed E-state index contributed by atoms with van der Waals surface area (Å²) in [5.41, 5.74) is 1.03. The van der Waals surface area contributed by atoms with Crippen molar-refractivity contribution in [3.63, 3.8) is 0 Å². The van der Waals surface area contributed by atoms with E-state index in [0.29, 0.717) is 17.1 Å². The Bertz CT molecular complexity index is 301. The quantitative estimate of drug-likeness (QED) is 0.598. The maximum atomic E-state index is 8.55. The lowest BCUT2D eigenvalue weighted by Crippen LogP contribution is -1.92. The SMILES string of the molecule is [CH2]c1ccc(C#N)c(OC)n1. The van der Waals surface area contributed by atoms with Gasteiger partial charge in [0.25, 0.3) is 0 Å². The van der Waals surface area contributed by atoms with E-state index in [2.05, 4.69) is 11.9 Å². The van der Waals surface area contributed by atoms with E-state index in [1.165, 1.54) is 7.11 Å². The second-order valence-electron chi connectivity index (χ2n) is 1.97. The van der Waals surface area contributed by atoms with E-state index in [9.17, 15) is 0 Å². The predicted octanol–water partition coefficient (Wildman–Crippen LogP) is 1.14. The molecule has 3 heteroatoms. The lowest BCUT2D eigenvalue weighted by atomic mass is 10.2. The molecule has 0 saturated carbocycles. The summed E-state index contributed by atoms with van der Waals surface area (Å²) in [5.74, 6) is 0.333. The molecular weight excluding hydrogens is 140 g/mol. The first-order valence-electron chi connectivity index (χ1n) is 3.05. The summed E-state index contributed by atoms with van der Waals surface area (Å²) in [6.07, 6.45) is 0. The zero-order valence-electron chi connectivity index (χ0n) is 6.16. The first-order chi connectivity index (χ1) is 5.27. The molecule has 0 aliphatic rings. The lowest BCUT2D eigenvalue weighted by molar-refractivity contribution is 0.396. The molecule has 0 saturated heterocycles. The summed E-state index contributed by atoms with van der Waals surface area (Å²) in [7, 11) is 1.47. The van der Waals surface area contributed by atoms with Gasteiger partial charge in [-0.05, 0) is 19.1 Å². The molecule has 3 nitrogen and oxygen atoms in total. The Hall–Kier alpha value is -1.56.